The first-order valence-electron chi connectivity index (χ1n) is 8.80. The second-order valence-electron chi connectivity index (χ2n) is 8.08. The molecule has 0 spiro atoms. The van der Waals surface area contributed by atoms with Crippen LogP contribution in [0.1, 0.15) is 77.5 Å². The molecule has 0 N–H and O–H groups in total. The Morgan fingerprint density at radius 3 is 2.08 bits per heavy atom. The normalized spacial score (nSPS) is 19.5. The van der Waals surface area contributed by atoms with Crippen molar-refractivity contribution in [1.82, 2.24) is 0 Å². The average molecular weight is 334 g/mol. The molecule has 0 bridgehead atoms. The fourth-order valence-electron chi connectivity index (χ4n) is 3.69. The summed E-state index contributed by atoms with van der Waals surface area (Å²) in [5.41, 5.74) is 4.37. The van der Waals surface area contributed by atoms with Crippen molar-refractivity contribution in [3.8, 4) is 5.75 Å². The van der Waals surface area contributed by atoms with E-state index in [4.69, 9.17) is 9.47 Å². The summed E-state index contributed by atoms with van der Waals surface area (Å²) in [7, 11) is 1.60. The molecule has 1 aliphatic rings. The quantitative estimate of drug-likeness (QED) is 0.603. The number of rotatable bonds is 5. The highest BCUT2D eigenvalue weighted by Gasteiger charge is 2.38. The number of hydrogen-bond acceptors (Lipinski definition) is 2. The van der Waals surface area contributed by atoms with E-state index in [1.165, 1.54) is 18.1 Å². The average Bonchev–Trinajstić information content (AvgIpc) is 2.50. The first-order chi connectivity index (χ1) is 11.1. The molecule has 1 aromatic carbocycles. The van der Waals surface area contributed by atoms with E-state index in [9.17, 15) is 4.39 Å². The van der Waals surface area contributed by atoms with Crippen LogP contribution in [0.4, 0.5) is 4.39 Å². The van der Waals surface area contributed by atoms with Crippen LogP contribution in [-0.4, -0.2) is 13.9 Å². The Bertz CT molecular complexity index is 637. The second-order valence-corrected chi connectivity index (χ2v) is 8.08. The number of allylic oxidation sites excluding steroid dienone is 2. The maximum Gasteiger partial charge on any atom is 0.188 e. The number of fused-ring (bicyclic) bond motifs is 1. The molecule has 0 fully saturated rings. The SMILES string of the molecule is CC/C(=C(/C)F)c1cc2c(cc1OCOC)C(C)(C)CCC2(C)C. The van der Waals surface area contributed by atoms with E-state index >= 15 is 0 Å². The topological polar surface area (TPSA) is 18.5 Å². The number of benzene rings is 1. The summed E-state index contributed by atoms with van der Waals surface area (Å²) in [5, 5.41) is 0. The minimum atomic E-state index is -0.146. The first kappa shape index (κ1) is 19.0. The van der Waals surface area contributed by atoms with Gasteiger partial charge >= 0.3 is 0 Å². The Hall–Kier alpha value is -1.35. The van der Waals surface area contributed by atoms with Crippen molar-refractivity contribution in [1.29, 1.82) is 0 Å². The summed E-state index contributed by atoms with van der Waals surface area (Å²) >= 11 is 0. The zero-order valence-electron chi connectivity index (χ0n) is 16.2. The smallest absolute Gasteiger partial charge is 0.188 e. The lowest BCUT2D eigenvalue weighted by Gasteiger charge is -2.42. The molecule has 2 nitrogen and oxygen atoms in total. The van der Waals surface area contributed by atoms with Gasteiger partial charge in [0.25, 0.3) is 0 Å². The number of methoxy groups -OCH3 is 1. The fourth-order valence-corrected chi connectivity index (χ4v) is 3.69. The highest BCUT2D eigenvalue weighted by molar-refractivity contribution is 5.73. The lowest BCUT2D eigenvalue weighted by atomic mass is 9.62. The van der Waals surface area contributed by atoms with Crippen LogP contribution in [0.3, 0.4) is 0 Å². The molecular weight excluding hydrogens is 303 g/mol. The van der Waals surface area contributed by atoms with Crippen molar-refractivity contribution in [2.24, 2.45) is 0 Å². The summed E-state index contributed by atoms with van der Waals surface area (Å²) in [6.45, 7) is 12.8. The first-order valence-corrected chi connectivity index (χ1v) is 8.80. The summed E-state index contributed by atoms with van der Waals surface area (Å²) in [6.07, 6.45) is 2.90. The van der Waals surface area contributed by atoms with Crippen LogP contribution < -0.4 is 4.74 Å². The van der Waals surface area contributed by atoms with Gasteiger partial charge in [-0.15, -0.1) is 0 Å². The standard InChI is InChI=1S/C21H31FO2/c1-8-15(14(2)22)16-11-17-18(12-19(16)24-13-23-7)21(5,6)10-9-20(17,3)4/h11-12H,8-10,13H2,1-7H3/b15-14+. The molecule has 134 valence electrons. The van der Waals surface area contributed by atoms with Gasteiger partial charge < -0.3 is 9.47 Å². The van der Waals surface area contributed by atoms with Crippen LogP contribution in [0.15, 0.2) is 18.0 Å². The van der Waals surface area contributed by atoms with Gasteiger partial charge in [0.05, 0.1) is 0 Å². The molecule has 0 atom stereocenters. The highest BCUT2D eigenvalue weighted by atomic mass is 19.1. The van der Waals surface area contributed by atoms with E-state index in [0.717, 1.165) is 24.2 Å². The monoisotopic (exact) mass is 334 g/mol. The molecule has 3 heteroatoms. The van der Waals surface area contributed by atoms with Crippen LogP contribution in [0.2, 0.25) is 0 Å². The Kier molecular flexibility index (Phi) is 5.44. The van der Waals surface area contributed by atoms with Crippen molar-refractivity contribution < 1.29 is 13.9 Å². The largest absolute Gasteiger partial charge is 0.467 e. The van der Waals surface area contributed by atoms with Gasteiger partial charge in [0, 0.05) is 12.7 Å². The van der Waals surface area contributed by atoms with Gasteiger partial charge in [0.1, 0.15) is 11.6 Å². The van der Waals surface area contributed by atoms with E-state index in [-0.39, 0.29) is 23.4 Å². The van der Waals surface area contributed by atoms with E-state index < -0.39 is 0 Å². The van der Waals surface area contributed by atoms with Gasteiger partial charge in [-0.1, -0.05) is 34.6 Å². The lowest BCUT2D eigenvalue weighted by molar-refractivity contribution is 0.0507. The number of hydrogen-bond donors (Lipinski definition) is 0. The third kappa shape index (κ3) is 3.51. The van der Waals surface area contributed by atoms with Crippen molar-refractivity contribution in [3.63, 3.8) is 0 Å². The maximum absolute atomic E-state index is 14.1. The molecule has 0 saturated carbocycles. The molecule has 0 radical (unpaired) electrons. The predicted molar refractivity (Wildman–Crippen MR) is 98.2 cm³/mol. The van der Waals surface area contributed by atoms with Gasteiger partial charge in [-0.2, -0.15) is 0 Å². The third-order valence-electron chi connectivity index (χ3n) is 5.38. The lowest BCUT2D eigenvalue weighted by Crippen LogP contribution is -2.34. The summed E-state index contributed by atoms with van der Waals surface area (Å²) in [6, 6.07) is 4.27. The van der Waals surface area contributed by atoms with Gasteiger partial charge in [0.15, 0.2) is 6.79 Å². The highest BCUT2D eigenvalue weighted by Crippen LogP contribution is 2.49. The van der Waals surface area contributed by atoms with Crippen molar-refractivity contribution >= 4 is 5.57 Å². The molecule has 0 saturated heterocycles. The summed E-state index contributed by atoms with van der Waals surface area (Å²) in [4.78, 5) is 0. The molecule has 0 heterocycles. The Morgan fingerprint density at radius 1 is 1.08 bits per heavy atom. The number of ether oxygens (including phenoxy) is 2. The van der Waals surface area contributed by atoms with Crippen molar-refractivity contribution in [3.05, 3.63) is 34.6 Å². The van der Waals surface area contributed by atoms with Gasteiger partial charge in [-0.3, -0.25) is 0 Å². The molecule has 0 aromatic heterocycles. The molecule has 0 aliphatic heterocycles. The zero-order chi connectivity index (χ0) is 18.1. The Labute approximate surface area is 146 Å². The second kappa shape index (κ2) is 6.87. The van der Waals surface area contributed by atoms with Crippen molar-refractivity contribution in [2.45, 2.75) is 71.6 Å². The predicted octanol–water partition coefficient (Wildman–Crippen LogP) is 6.13. The van der Waals surface area contributed by atoms with Crippen LogP contribution in [0.5, 0.6) is 5.75 Å². The van der Waals surface area contributed by atoms with Gasteiger partial charge in [0.2, 0.25) is 0 Å². The van der Waals surface area contributed by atoms with Crippen molar-refractivity contribution in [2.75, 3.05) is 13.9 Å². The number of halogens is 1. The van der Waals surface area contributed by atoms with Crippen LogP contribution in [0.25, 0.3) is 5.57 Å². The summed E-state index contributed by atoms with van der Waals surface area (Å²) in [5.74, 6) is 0.572. The molecule has 24 heavy (non-hydrogen) atoms. The third-order valence-corrected chi connectivity index (χ3v) is 5.38. The molecule has 0 unspecified atom stereocenters. The Balaban J connectivity index is 2.73. The fraction of sp³-hybridized carbons (Fsp3) is 0.619. The van der Waals surface area contributed by atoms with Gasteiger partial charge in [-0.25, -0.2) is 4.39 Å². The molecule has 1 aromatic rings. The minimum absolute atomic E-state index is 0.0858. The Morgan fingerprint density at radius 2 is 1.62 bits per heavy atom. The minimum Gasteiger partial charge on any atom is -0.467 e. The van der Waals surface area contributed by atoms with E-state index in [0.29, 0.717) is 12.0 Å². The van der Waals surface area contributed by atoms with Crippen LogP contribution >= 0.6 is 0 Å². The van der Waals surface area contributed by atoms with Crippen LogP contribution in [-0.2, 0) is 15.6 Å². The zero-order valence-corrected chi connectivity index (χ0v) is 16.2. The molecular formula is C21H31FO2. The van der Waals surface area contributed by atoms with E-state index in [1.807, 2.05) is 6.92 Å². The van der Waals surface area contributed by atoms with Gasteiger partial charge in [-0.05, 0) is 65.8 Å². The van der Waals surface area contributed by atoms with E-state index in [2.05, 4.69) is 39.8 Å². The maximum atomic E-state index is 14.1. The molecule has 1 aliphatic carbocycles. The van der Waals surface area contributed by atoms with E-state index in [1.54, 1.807) is 7.11 Å². The van der Waals surface area contributed by atoms with Crippen LogP contribution in [0, 0.1) is 0 Å². The molecule has 2 rings (SSSR count). The molecule has 0 amide bonds. The summed E-state index contributed by atoms with van der Waals surface area (Å²) < 4.78 is 25.0.